The first-order valence-corrected chi connectivity index (χ1v) is 5.46. The lowest BCUT2D eigenvalue weighted by atomic mass is 10.00. The minimum Gasteiger partial charge on any atom is -0.384 e. The number of hydrogen-bond acceptors (Lipinski definition) is 1. The van der Waals surface area contributed by atoms with Crippen molar-refractivity contribution in [3.8, 4) is 0 Å². The second kappa shape index (κ2) is 9.37. The molecule has 0 aliphatic rings. The summed E-state index contributed by atoms with van der Waals surface area (Å²) in [6.45, 7) is 12.7. The molecule has 0 rings (SSSR count). The smallest absolute Gasteiger partial charge is 0.104 e. The van der Waals surface area contributed by atoms with Crippen molar-refractivity contribution in [2.24, 2.45) is 0 Å². The van der Waals surface area contributed by atoms with Gasteiger partial charge in [0, 0.05) is 0 Å². The van der Waals surface area contributed by atoms with Gasteiger partial charge in [-0.15, -0.1) is 0 Å². The lowest BCUT2D eigenvalue weighted by Crippen LogP contribution is -2.11. The average molecular weight is 228 g/mol. The van der Waals surface area contributed by atoms with Crippen LogP contribution < -0.4 is 0 Å². The van der Waals surface area contributed by atoms with Crippen LogP contribution >= 0.6 is 0 Å². The standard InChI is InChI=1S/C16H20O/c1-5-9-12-14(8-4)16(17)15(11-7-3)13-10-6-2/h5-13,16-17H,1-3H2,4H3/b12-9-,13-10-,14-8+,15-11+. The van der Waals surface area contributed by atoms with Crippen LogP contribution in [0.2, 0.25) is 0 Å². The van der Waals surface area contributed by atoms with E-state index in [-0.39, 0.29) is 0 Å². The molecule has 0 amide bonds. The quantitative estimate of drug-likeness (QED) is 0.655. The molecule has 1 nitrogen and oxygen atoms in total. The zero-order chi connectivity index (χ0) is 13.1. The van der Waals surface area contributed by atoms with E-state index in [4.69, 9.17) is 0 Å². The lowest BCUT2D eigenvalue weighted by molar-refractivity contribution is 0.254. The summed E-state index contributed by atoms with van der Waals surface area (Å²) in [6, 6.07) is 0. The molecule has 1 heteroatoms. The minimum atomic E-state index is -0.676. The molecule has 0 heterocycles. The largest absolute Gasteiger partial charge is 0.384 e. The van der Waals surface area contributed by atoms with Gasteiger partial charge in [0.05, 0.1) is 0 Å². The molecular formula is C16H20O. The van der Waals surface area contributed by atoms with E-state index < -0.39 is 6.10 Å². The van der Waals surface area contributed by atoms with E-state index in [0.717, 1.165) is 11.1 Å². The van der Waals surface area contributed by atoms with Crippen molar-refractivity contribution in [3.63, 3.8) is 0 Å². The first kappa shape index (κ1) is 15.1. The minimum absolute atomic E-state index is 0.676. The van der Waals surface area contributed by atoms with Crippen LogP contribution in [0.15, 0.2) is 85.6 Å². The Labute approximate surface area is 104 Å². The Kier molecular flexibility index (Phi) is 8.35. The van der Waals surface area contributed by atoms with Gasteiger partial charge in [-0.3, -0.25) is 0 Å². The number of allylic oxidation sites excluding steroid dienone is 7. The van der Waals surface area contributed by atoms with Gasteiger partial charge < -0.3 is 5.11 Å². The molecule has 0 saturated heterocycles. The van der Waals surface area contributed by atoms with Crippen molar-refractivity contribution in [2.45, 2.75) is 13.0 Å². The molecule has 1 N–H and O–H groups in total. The number of aliphatic hydroxyl groups is 1. The fourth-order valence-electron chi connectivity index (χ4n) is 1.27. The Hall–Kier alpha value is -1.86. The summed E-state index contributed by atoms with van der Waals surface area (Å²) in [5.74, 6) is 0. The van der Waals surface area contributed by atoms with E-state index >= 15 is 0 Å². The molecule has 0 aromatic heterocycles. The molecule has 0 spiro atoms. The fourth-order valence-corrected chi connectivity index (χ4v) is 1.27. The highest BCUT2D eigenvalue weighted by Crippen LogP contribution is 2.15. The number of aliphatic hydroxyl groups excluding tert-OH is 1. The maximum atomic E-state index is 10.2. The topological polar surface area (TPSA) is 20.2 Å². The maximum Gasteiger partial charge on any atom is 0.104 e. The van der Waals surface area contributed by atoms with Crippen molar-refractivity contribution in [1.29, 1.82) is 0 Å². The van der Waals surface area contributed by atoms with Crippen LogP contribution in [0.3, 0.4) is 0 Å². The summed E-state index contributed by atoms with van der Waals surface area (Å²) in [5.41, 5.74) is 1.58. The van der Waals surface area contributed by atoms with Crippen molar-refractivity contribution in [3.05, 3.63) is 85.6 Å². The van der Waals surface area contributed by atoms with Gasteiger partial charge in [0.15, 0.2) is 0 Å². The van der Waals surface area contributed by atoms with Crippen LogP contribution in [0.4, 0.5) is 0 Å². The number of hydrogen-bond donors (Lipinski definition) is 1. The van der Waals surface area contributed by atoms with Gasteiger partial charge in [0.25, 0.3) is 0 Å². The van der Waals surface area contributed by atoms with Gasteiger partial charge in [-0.1, -0.05) is 74.4 Å². The Bertz CT molecular complexity index is 378. The second-order valence-corrected chi connectivity index (χ2v) is 3.28. The lowest BCUT2D eigenvalue weighted by Gasteiger charge is -2.12. The van der Waals surface area contributed by atoms with Gasteiger partial charge in [-0.2, -0.15) is 0 Å². The van der Waals surface area contributed by atoms with Gasteiger partial charge >= 0.3 is 0 Å². The molecule has 0 radical (unpaired) electrons. The fraction of sp³-hybridized carbons (Fsp3) is 0.125. The molecule has 0 aliphatic heterocycles. The normalized spacial score (nSPS) is 15.2. The molecule has 0 aromatic rings. The molecular weight excluding hydrogens is 208 g/mol. The molecule has 0 aromatic carbocycles. The predicted octanol–water partition coefficient (Wildman–Crippen LogP) is 3.89. The van der Waals surface area contributed by atoms with E-state index in [1.54, 1.807) is 36.5 Å². The summed E-state index contributed by atoms with van der Waals surface area (Å²) in [5, 5.41) is 10.2. The van der Waals surface area contributed by atoms with Crippen molar-refractivity contribution < 1.29 is 5.11 Å². The highest BCUT2D eigenvalue weighted by molar-refractivity contribution is 5.39. The molecule has 1 unspecified atom stereocenters. The van der Waals surface area contributed by atoms with E-state index in [1.165, 1.54) is 0 Å². The van der Waals surface area contributed by atoms with Gasteiger partial charge in [0.2, 0.25) is 0 Å². The molecule has 90 valence electrons. The monoisotopic (exact) mass is 228 g/mol. The molecule has 17 heavy (non-hydrogen) atoms. The van der Waals surface area contributed by atoms with E-state index in [1.807, 2.05) is 25.2 Å². The van der Waals surface area contributed by atoms with E-state index in [0.29, 0.717) is 0 Å². The summed E-state index contributed by atoms with van der Waals surface area (Å²) >= 11 is 0. The first-order valence-electron chi connectivity index (χ1n) is 5.46. The first-order chi connectivity index (χ1) is 8.21. The Morgan fingerprint density at radius 2 is 1.47 bits per heavy atom. The van der Waals surface area contributed by atoms with Crippen molar-refractivity contribution in [1.82, 2.24) is 0 Å². The third-order valence-corrected chi connectivity index (χ3v) is 2.12. The molecule has 0 saturated carbocycles. The summed E-state index contributed by atoms with van der Waals surface area (Å²) in [4.78, 5) is 0. The molecule has 1 atom stereocenters. The van der Waals surface area contributed by atoms with Gasteiger partial charge in [-0.25, -0.2) is 0 Å². The summed E-state index contributed by atoms with van der Waals surface area (Å²) in [7, 11) is 0. The Morgan fingerprint density at radius 3 is 1.88 bits per heavy atom. The Balaban J connectivity index is 5.12. The molecule has 0 fully saturated rings. The van der Waals surface area contributed by atoms with Crippen LogP contribution in [0.25, 0.3) is 0 Å². The van der Waals surface area contributed by atoms with Crippen LogP contribution in [0.5, 0.6) is 0 Å². The van der Waals surface area contributed by atoms with Gasteiger partial charge in [0.1, 0.15) is 6.10 Å². The SMILES string of the molecule is C=C/C=C\C(=C/C)C(O)C(/C=C\C=C)=C/C=C. The number of rotatable bonds is 7. The highest BCUT2D eigenvalue weighted by atomic mass is 16.3. The molecule has 0 aliphatic carbocycles. The second-order valence-electron chi connectivity index (χ2n) is 3.28. The van der Waals surface area contributed by atoms with Crippen LogP contribution in [0, 0.1) is 0 Å². The maximum absolute atomic E-state index is 10.2. The average Bonchev–Trinajstić information content (AvgIpc) is 2.35. The third-order valence-electron chi connectivity index (χ3n) is 2.12. The van der Waals surface area contributed by atoms with Gasteiger partial charge in [-0.05, 0) is 18.1 Å². The molecule has 0 bridgehead atoms. The van der Waals surface area contributed by atoms with Crippen LogP contribution in [-0.2, 0) is 0 Å². The summed E-state index contributed by atoms with van der Waals surface area (Å²) in [6.07, 6.45) is 15.2. The van der Waals surface area contributed by atoms with Crippen molar-refractivity contribution >= 4 is 0 Å². The highest BCUT2D eigenvalue weighted by Gasteiger charge is 2.10. The third kappa shape index (κ3) is 5.69. The Morgan fingerprint density at radius 1 is 0.941 bits per heavy atom. The summed E-state index contributed by atoms with van der Waals surface area (Å²) < 4.78 is 0. The zero-order valence-electron chi connectivity index (χ0n) is 10.3. The van der Waals surface area contributed by atoms with Crippen LogP contribution in [0.1, 0.15) is 6.92 Å². The zero-order valence-corrected chi connectivity index (χ0v) is 10.3. The predicted molar refractivity (Wildman–Crippen MR) is 76.7 cm³/mol. The van der Waals surface area contributed by atoms with E-state index in [2.05, 4.69) is 19.7 Å². The van der Waals surface area contributed by atoms with Crippen LogP contribution in [-0.4, -0.2) is 11.2 Å². The van der Waals surface area contributed by atoms with E-state index in [9.17, 15) is 5.11 Å². The van der Waals surface area contributed by atoms with Crippen molar-refractivity contribution in [2.75, 3.05) is 0 Å².